The van der Waals surface area contributed by atoms with Gasteiger partial charge in [-0.3, -0.25) is 0 Å². The molecule has 10 nitrogen and oxygen atoms in total. The molecule has 4 rings (SSSR count). The largest absolute Gasteiger partial charge is 0.494 e. The second-order valence-corrected chi connectivity index (χ2v) is 10.5. The van der Waals surface area contributed by atoms with Gasteiger partial charge in [-0.05, 0) is 66.8 Å². The number of carbonyl (C=O) groups excluding carboxylic acids is 2. The highest BCUT2D eigenvalue weighted by Crippen LogP contribution is 2.30. The normalized spacial score (nSPS) is 12.3. The van der Waals surface area contributed by atoms with Gasteiger partial charge in [0.15, 0.2) is 0 Å². The van der Waals surface area contributed by atoms with Crippen molar-refractivity contribution in [1.82, 2.24) is 30.8 Å². The molecule has 0 bridgehead atoms. The van der Waals surface area contributed by atoms with Crippen molar-refractivity contribution in [3.8, 4) is 28.3 Å². The van der Waals surface area contributed by atoms with Crippen LogP contribution in [-0.2, 0) is 22.5 Å². The van der Waals surface area contributed by atoms with E-state index in [1.807, 2.05) is 79.7 Å². The fourth-order valence-corrected chi connectivity index (χ4v) is 4.87. The van der Waals surface area contributed by atoms with E-state index in [0.717, 1.165) is 46.4 Å². The second-order valence-electron chi connectivity index (χ2n) is 10.5. The standard InChI is InChI=1S/C33H40N6O4/c1-5-8-21-39(23-25-13-17-26(18-14-25)28-11-9-10-12-29(28)30-35-37-38-36-30)32(41)34-33(4,31(40)43-7-3)22-24-15-19-27(20-16-24)42-6-2/h9-20H,5-8,21-23H2,1-4H3,(H,34,41)(H,35,36,37,38). The van der Waals surface area contributed by atoms with Crippen LogP contribution in [0.5, 0.6) is 5.75 Å². The van der Waals surface area contributed by atoms with Crippen molar-refractivity contribution < 1.29 is 19.1 Å². The second kappa shape index (κ2) is 14.9. The summed E-state index contributed by atoms with van der Waals surface area (Å²) in [6.45, 7) is 9.21. The van der Waals surface area contributed by atoms with Crippen LogP contribution < -0.4 is 10.1 Å². The maximum atomic E-state index is 13.7. The Balaban J connectivity index is 1.52. The van der Waals surface area contributed by atoms with Gasteiger partial charge in [0.05, 0.1) is 13.2 Å². The molecule has 3 aromatic carbocycles. The maximum Gasteiger partial charge on any atom is 0.331 e. The van der Waals surface area contributed by atoms with Gasteiger partial charge in [0, 0.05) is 25.1 Å². The van der Waals surface area contributed by atoms with Crippen LogP contribution in [0.15, 0.2) is 72.8 Å². The van der Waals surface area contributed by atoms with Crippen molar-refractivity contribution in [2.75, 3.05) is 19.8 Å². The van der Waals surface area contributed by atoms with Crippen LogP contribution in [0.3, 0.4) is 0 Å². The van der Waals surface area contributed by atoms with Gasteiger partial charge in [0.25, 0.3) is 0 Å². The van der Waals surface area contributed by atoms with Gasteiger partial charge >= 0.3 is 12.0 Å². The average molecular weight is 585 g/mol. The van der Waals surface area contributed by atoms with Gasteiger partial charge in [-0.1, -0.05) is 74.0 Å². The SMILES string of the molecule is CCCCN(Cc1ccc(-c2ccccc2-c2nn[nH]n2)cc1)C(=O)NC(C)(Cc1ccc(OCC)cc1)C(=O)OCC. The Morgan fingerprint density at radius 1 is 0.907 bits per heavy atom. The van der Waals surface area contributed by atoms with Crippen LogP contribution in [0.4, 0.5) is 4.79 Å². The molecule has 43 heavy (non-hydrogen) atoms. The van der Waals surface area contributed by atoms with Crippen LogP contribution in [-0.4, -0.2) is 62.8 Å². The number of nitrogens with one attached hydrogen (secondary N) is 2. The molecule has 0 fully saturated rings. The van der Waals surface area contributed by atoms with E-state index in [-0.39, 0.29) is 19.1 Å². The maximum absolute atomic E-state index is 13.7. The number of benzene rings is 3. The van der Waals surface area contributed by atoms with E-state index in [1.54, 1.807) is 18.7 Å². The summed E-state index contributed by atoms with van der Waals surface area (Å²) in [4.78, 5) is 28.6. The quantitative estimate of drug-likeness (QED) is 0.179. The van der Waals surface area contributed by atoms with Crippen molar-refractivity contribution in [2.45, 2.75) is 59.0 Å². The molecule has 0 aliphatic carbocycles. The molecular formula is C33H40N6O4. The Labute approximate surface area is 252 Å². The zero-order chi connectivity index (χ0) is 30.7. The lowest BCUT2D eigenvalue weighted by atomic mass is 9.92. The van der Waals surface area contributed by atoms with E-state index in [1.165, 1.54) is 0 Å². The third kappa shape index (κ3) is 8.18. The van der Waals surface area contributed by atoms with Gasteiger partial charge in [-0.15, -0.1) is 10.2 Å². The first-order valence-electron chi connectivity index (χ1n) is 14.7. The Morgan fingerprint density at radius 3 is 2.23 bits per heavy atom. The lowest BCUT2D eigenvalue weighted by molar-refractivity contribution is -0.150. The Hall–Kier alpha value is -4.73. The van der Waals surface area contributed by atoms with E-state index < -0.39 is 11.5 Å². The molecule has 0 aliphatic heterocycles. The van der Waals surface area contributed by atoms with Crippen LogP contribution in [0.25, 0.3) is 22.5 Å². The number of amides is 2. The fourth-order valence-electron chi connectivity index (χ4n) is 4.87. The minimum Gasteiger partial charge on any atom is -0.494 e. The highest BCUT2D eigenvalue weighted by atomic mass is 16.5. The Kier molecular flexibility index (Phi) is 10.9. The van der Waals surface area contributed by atoms with Crippen molar-refractivity contribution in [1.29, 1.82) is 0 Å². The number of aromatic amines is 1. The summed E-state index contributed by atoms with van der Waals surface area (Å²) in [5.74, 6) is 0.803. The van der Waals surface area contributed by atoms with E-state index in [0.29, 0.717) is 25.5 Å². The number of ether oxygens (including phenoxy) is 2. The van der Waals surface area contributed by atoms with Gasteiger partial charge in [-0.25, -0.2) is 9.59 Å². The van der Waals surface area contributed by atoms with Crippen LogP contribution in [0.2, 0.25) is 0 Å². The number of H-pyrrole nitrogens is 1. The monoisotopic (exact) mass is 584 g/mol. The molecule has 0 spiro atoms. The summed E-state index contributed by atoms with van der Waals surface area (Å²) in [6, 6.07) is 23.2. The summed E-state index contributed by atoms with van der Waals surface area (Å²) in [5, 5.41) is 17.5. The molecule has 1 aromatic heterocycles. The van der Waals surface area contributed by atoms with E-state index in [4.69, 9.17) is 9.47 Å². The Morgan fingerprint density at radius 2 is 1.60 bits per heavy atom. The molecular weight excluding hydrogens is 544 g/mol. The number of carbonyl (C=O) groups is 2. The molecule has 0 radical (unpaired) electrons. The topological polar surface area (TPSA) is 122 Å². The molecule has 1 unspecified atom stereocenters. The number of hydrogen-bond acceptors (Lipinski definition) is 7. The highest BCUT2D eigenvalue weighted by Gasteiger charge is 2.38. The predicted molar refractivity (Wildman–Crippen MR) is 165 cm³/mol. The Bertz CT molecular complexity index is 1460. The molecule has 226 valence electrons. The van der Waals surface area contributed by atoms with E-state index >= 15 is 0 Å². The number of unbranched alkanes of at least 4 members (excludes halogenated alkanes) is 1. The van der Waals surface area contributed by atoms with Crippen LogP contribution in [0, 0.1) is 0 Å². The van der Waals surface area contributed by atoms with Gasteiger partial charge < -0.3 is 19.7 Å². The van der Waals surface area contributed by atoms with Crippen molar-refractivity contribution >= 4 is 12.0 Å². The summed E-state index contributed by atoms with van der Waals surface area (Å²) in [6.07, 6.45) is 2.04. The molecule has 0 aliphatic rings. The number of rotatable bonds is 14. The van der Waals surface area contributed by atoms with E-state index in [2.05, 4.69) is 32.9 Å². The zero-order valence-corrected chi connectivity index (χ0v) is 25.3. The fraction of sp³-hybridized carbons (Fsp3) is 0.364. The molecule has 1 heterocycles. The van der Waals surface area contributed by atoms with Crippen LogP contribution >= 0.6 is 0 Å². The number of tetrazole rings is 1. The molecule has 2 amide bonds. The minimum absolute atomic E-state index is 0.218. The van der Waals surface area contributed by atoms with Crippen LogP contribution in [0.1, 0.15) is 51.7 Å². The zero-order valence-electron chi connectivity index (χ0n) is 25.3. The van der Waals surface area contributed by atoms with Crippen molar-refractivity contribution in [3.63, 3.8) is 0 Å². The molecule has 2 N–H and O–H groups in total. The number of urea groups is 1. The number of esters is 1. The first-order chi connectivity index (χ1) is 20.9. The lowest BCUT2D eigenvalue weighted by Crippen LogP contribution is -2.58. The van der Waals surface area contributed by atoms with Gasteiger partial charge in [0.2, 0.25) is 5.82 Å². The summed E-state index contributed by atoms with van der Waals surface area (Å²) >= 11 is 0. The molecule has 10 heteroatoms. The first-order valence-corrected chi connectivity index (χ1v) is 14.7. The minimum atomic E-state index is -1.26. The predicted octanol–water partition coefficient (Wildman–Crippen LogP) is 5.81. The van der Waals surface area contributed by atoms with Crippen molar-refractivity contribution in [3.05, 3.63) is 83.9 Å². The first kappa shape index (κ1) is 31.2. The highest BCUT2D eigenvalue weighted by molar-refractivity contribution is 5.87. The summed E-state index contributed by atoms with van der Waals surface area (Å²) < 4.78 is 10.9. The smallest absolute Gasteiger partial charge is 0.331 e. The van der Waals surface area contributed by atoms with Crippen molar-refractivity contribution in [2.24, 2.45) is 0 Å². The number of nitrogens with zero attached hydrogens (tertiary/aromatic N) is 4. The average Bonchev–Trinajstić information content (AvgIpc) is 3.56. The summed E-state index contributed by atoms with van der Waals surface area (Å²) in [5.41, 5.74) is 3.45. The van der Waals surface area contributed by atoms with E-state index in [9.17, 15) is 9.59 Å². The number of aromatic nitrogens is 4. The summed E-state index contributed by atoms with van der Waals surface area (Å²) in [7, 11) is 0. The molecule has 4 aromatic rings. The lowest BCUT2D eigenvalue weighted by Gasteiger charge is -2.32. The van der Waals surface area contributed by atoms with Gasteiger partial charge in [0.1, 0.15) is 11.3 Å². The molecule has 0 saturated heterocycles. The third-order valence-electron chi connectivity index (χ3n) is 7.12. The number of hydrogen-bond donors (Lipinski definition) is 2. The molecule has 0 saturated carbocycles. The third-order valence-corrected chi connectivity index (χ3v) is 7.12. The van der Waals surface area contributed by atoms with Gasteiger partial charge in [-0.2, -0.15) is 5.21 Å². The molecule has 1 atom stereocenters.